The van der Waals surface area contributed by atoms with Crippen LogP contribution in [-0.2, 0) is 49.8 Å². The van der Waals surface area contributed by atoms with Crippen LogP contribution in [0.15, 0.2) is 0 Å². The van der Waals surface area contributed by atoms with Gasteiger partial charge in [0.15, 0.2) is 0 Å². The number of hydrogen-bond donors (Lipinski definition) is 6. The molecule has 7 N–H and O–H groups in total. The minimum absolute atomic E-state index is 0. The maximum atomic E-state index is 9.64. The summed E-state index contributed by atoms with van der Waals surface area (Å²) in [6.45, 7) is 3.89. The largest absolute Gasteiger partial charge is 2.00 e. The van der Waals surface area contributed by atoms with E-state index in [1.165, 1.54) is 19.3 Å². The Kier molecular flexibility index (Phi) is 25.6. The van der Waals surface area contributed by atoms with E-state index in [1.54, 1.807) is 0 Å². The monoisotopic (exact) mass is 632 g/mol. The number of hydrogen-bond acceptors (Lipinski definition) is 6. The van der Waals surface area contributed by atoms with E-state index < -0.39 is 35.8 Å². The third kappa shape index (κ3) is 35.3. The second kappa shape index (κ2) is 22.2. The molecule has 0 saturated heterocycles. The van der Waals surface area contributed by atoms with Gasteiger partial charge in [-0.2, -0.15) is 12.0 Å². The number of carboxylic acid groups (broad SMARTS) is 6. The van der Waals surface area contributed by atoms with Crippen molar-refractivity contribution in [3.05, 3.63) is 12.7 Å². The zero-order valence-electron chi connectivity index (χ0n) is 16.5. The number of carboxylic acids is 6. The molecule has 0 bridgehead atoms. The molecule has 2 atom stereocenters. The van der Waals surface area contributed by atoms with Crippen LogP contribution in [0, 0.1) is 12.8 Å². The van der Waals surface area contributed by atoms with Gasteiger partial charge in [0.25, 0.3) is 0 Å². The maximum absolute atomic E-state index is 9.64. The van der Waals surface area contributed by atoms with Crippen LogP contribution in [0.1, 0.15) is 51.4 Å². The van der Waals surface area contributed by atoms with Crippen LogP contribution in [0.5, 0.6) is 0 Å². The van der Waals surface area contributed by atoms with E-state index >= 15 is 0 Å². The Bertz CT molecular complexity index is 503. The smallest absolute Gasteiger partial charge is 0.677 e. The molecule has 1 aliphatic carbocycles. The van der Waals surface area contributed by atoms with Crippen LogP contribution in [0.2, 0.25) is 0 Å². The molecule has 13 nitrogen and oxygen atoms in total. The van der Waals surface area contributed by atoms with Gasteiger partial charge in [-0.05, 0) is 0 Å². The number of carbonyl (C=O) groups is 6. The average molecular weight is 632 g/mol. The Balaban J connectivity index is -0.000000156. The second-order valence-corrected chi connectivity index (χ2v) is 5.84. The van der Waals surface area contributed by atoms with Crippen molar-refractivity contribution in [2.75, 3.05) is 0 Å². The van der Waals surface area contributed by atoms with Crippen molar-refractivity contribution in [2.24, 2.45) is 5.92 Å². The van der Waals surface area contributed by atoms with E-state index in [9.17, 15) is 19.2 Å². The summed E-state index contributed by atoms with van der Waals surface area (Å²) in [5.74, 6) is -7.53. The van der Waals surface area contributed by atoms with E-state index in [-0.39, 0.29) is 52.8 Å². The van der Waals surface area contributed by atoms with Crippen molar-refractivity contribution in [1.82, 2.24) is 0 Å². The minimum Gasteiger partial charge on any atom is -0.677 e. The molecule has 0 amide bonds. The summed E-state index contributed by atoms with van der Waals surface area (Å²) in [6.07, 6.45) is 3.61. The summed E-state index contributed by atoms with van der Waals surface area (Å²) >= 11 is 0. The van der Waals surface area contributed by atoms with Crippen molar-refractivity contribution < 1.29 is 80.5 Å². The fourth-order valence-electron chi connectivity index (χ4n) is 1.64. The first-order valence-corrected chi connectivity index (χ1v) is 8.58. The molecule has 2 unspecified atom stereocenters. The quantitative estimate of drug-likeness (QED) is 0.180. The van der Waals surface area contributed by atoms with Crippen LogP contribution < -0.4 is 0 Å². The fourth-order valence-corrected chi connectivity index (χ4v) is 1.64. The van der Waals surface area contributed by atoms with Crippen LogP contribution in [0.4, 0.5) is 0 Å². The molecular formula is C17H27NO12Pt. The predicted molar refractivity (Wildman–Crippen MR) is 99.7 cm³/mol. The van der Waals surface area contributed by atoms with Gasteiger partial charge in [0.1, 0.15) is 0 Å². The van der Waals surface area contributed by atoms with E-state index in [1.807, 2.05) is 0 Å². The van der Waals surface area contributed by atoms with Gasteiger partial charge < -0.3 is 43.3 Å². The topological polar surface area (TPSA) is 248 Å². The van der Waals surface area contributed by atoms with E-state index in [2.05, 4.69) is 6.92 Å². The molecule has 0 aromatic heterocycles. The van der Waals surface area contributed by atoms with Crippen molar-refractivity contribution in [2.45, 2.75) is 57.4 Å². The van der Waals surface area contributed by atoms with Crippen LogP contribution in [0.25, 0.3) is 5.73 Å². The van der Waals surface area contributed by atoms with Crippen LogP contribution in [0.3, 0.4) is 0 Å². The van der Waals surface area contributed by atoms with Gasteiger partial charge >= 0.3 is 56.9 Å². The first-order valence-electron chi connectivity index (χ1n) is 8.58. The molecule has 1 saturated carbocycles. The molecule has 0 aromatic rings. The molecule has 0 aromatic carbocycles. The van der Waals surface area contributed by atoms with Gasteiger partial charge in [-0.3, -0.25) is 19.2 Å². The summed E-state index contributed by atoms with van der Waals surface area (Å²) in [4.78, 5) is 56.8. The standard InChI is InChI=1S/C7H13N.2C4H6O4.C2H2O4.Pt/c1-6-4-2-3-5-7(6)8;2*5-3(6)1-2-4(7)8;3-1(4)2(5)6;/h6-8H,1-5H2;2*1-2H2,(H,5,6)(H,7,8);(H,3,4)(H,5,6);/q-2;;;;+2. The van der Waals surface area contributed by atoms with Gasteiger partial charge in [-0.1, -0.05) is 25.7 Å². The van der Waals surface area contributed by atoms with Gasteiger partial charge in [-0.25, -0.2) is 9.59 Å². The molecule has 1 fully saturated rings. The molecule has 0 spiro atoms. The molecule has 0 heterocycles. The third-order valence-electron chi connectivity index (χ3n) is 3.20. The molecule has 182 valence electrons. The molecule has 1 rings (SSSR count). The molecule has 0 aliphatic heterocycles. The van der Waals surface area contributed by atoms with Crippen LogP contribution >= 0.6 is 0 Å². The summed E-state index contributed by atoms with van der Waals surface area (Å²) in [5, 5.41) is 46.4. The zero-order chi connectivity index (χ0) is 24.3. The fraction of sp³-hybridized carbons (Fsp3) is 0.588. The molecule has 0 radical (unpaired) electrons. The minimum atomic E-state index is -1.82. The van der Waals surface area contributed by atoms with E-state index in [4.69, 9.17) is 46.0 Å². The van der Waals surface area contributed by atoms with Gasteiger partial charge in [-0.15, -0.1) is 0 Å². The Morgan fingerprint density at radius 3 is 1.03 bits per heavy atom. The first-order chi connectivity index (χ1) is 13.7. The van der Waals surface area contributed by atoms with Crippen molar-refractivity contribution in [3.8, 4) is 0 Å². The number of nitrogens with one attached hydrogen (secondary N) is 1. The summed E-state index contributed by atoms with van der Waals surface area (Å²) in [7, 11) is 0. The van der Waals surface area contributed by atoms with Gasteiger partial charge in [0.2, 0.25) is 0 Å². The summed E-state index contributed by atoms with van der Waals surface area (Å²) in [5.41, 5.74) is 7.42. The third-order valence-corrected chi connectivity index (χ3v) is 3.20. The van der Waals surface area contributed by atoms with E-state index in [0.29, 0.717) is 5.92 Å². The Hall–Kier alpha value is -2.53. The number of aliphatic carboxylic acids is 6. The van der Waals surface area contributed by atoms with E-state index in [0.717, 1.165) is 6.42 Å². The second-order valence-electron chi connectivity index (χ2n) is 5.84. The average Bonchev–Trinajstić information content (AvgIpc) is 2.62. The molecule has 14 heteroatoms. The summed E-state index contributed by atoms with van der Waals surface area (Å²) in [6, 6.07) is 0.142. The normalized spacial score (nSPS) is 16.1. The Labute approximate surface area is 192 Å². The van der Waals surface area contributed by atoms with Crippen molar-refractivity contribution in [1.29, 1.82) is 0 Å². The van der Waals surface area contributed by atoms with Crippen molar-refractivity contribution >= 4 is 35.8 Å². The summed E-state index contributed by atoms with van der Waals surface area (Å²) < 4.78 is 0. The van der Waals surface area contributed by atoms with Crippen LogP contribution in [-0.4, -0.2) is 72.5 Å². The maximum Gasteiger partial charge on any atom is 2.00 e. The molecule has 31 heavy (non-hydrogen) atoms. The van der Waals surface area contributed by atoms with Crippen molar-refractivity contribution in [3.63, 3.8) is 0 Å². The SMILES string of the molecule is O=C(O)C(=O)O.O=C(O)CCC(=O)O.O=C(O)CCC(=O)O.[CH2-]C1CCCCC1[NH-].[Pt+2]. The van der Waals surface area contributed by atoms with Gasteiger partial charge in [0, 0.05) is 0 Å². The zero-order valence-corrected chi connectivity index (χ0v) is 18.7. The predicted octanol–water partition coefficient (Wildman–Crippen LogP) is 1.46. The van der Waals surface area contributed by atoms with Gasteiger partial charge in [0.05, 0.1) is 25.7 Å². The first kappa shape index (κ1) is 35.9. The Morgan fingerprint density at radius 2 is 0.903 bits per heavy atom. The molecule has 1 aliphatic rings. The number of rotatable bonds is 6. The molecular weight excluding hydrogens is 605 g/mol. The Morgan fingerprint density at radius 1 is 0.645 bits per heavy atom.